The number of hydrogen-bond donors (Lipinski definition) is 1. The summed E-state index contributed by atoms with van der Waals surface area (Å²) in [5.41, 5.74) is 0. The van der Waals surface area contributed by atoms with Crippen LogP contribution in [0.15, 0.2) is 27.2 Å². The number of hydrogen-bond acceptors (Lipinski definition) is 5. The van der Waals surface area contributed by atoms with Gasteiger partial charge in [0, 0.05) is 19.4 Å². The van der Waals surface area contributed by atoms with Crippen LogP contribution in [0.1, 0.15) is 30.9 Å². The van der Waals surface area contributed by atoms with Gasteiger partial charge in [-0.05, 0) is 25.5 Å². The van der Waals surface area contributed by atoms with Crippen LogP contribution >= 0.6 is 0 Å². The SMILES string of the molecule is Cc1nnc(CNC(C)CCc2ccco2)o1. The summed E-state index contributed by atoms with van der Waals surface area (Å²) in [7, 11) is 0. The van der Waals surface area contributed by atoms with Gasteiger partial charge in [-0.25, -0.2) is 0 Å². The van der Waals surface area contributed by atoms with Gasteiger partial charge < -0.3 is 14.2 Å². The standard InChI is InChI=1S/C12H17N3O2/c1-9(5-6-11-4-3-7-16-11)13-8-12-15-14-10(2)17-12/h3-4,7,9,13H,5-6,8H2,1-2H3. The first-order valence-electron chi connectivity index (χ1n) is 5.79. The van der Waals surface area contributed by atoms with E-state index in [2.05, 4.69) is 22.4 Å². The van der Waals surface area contributed by atoms with E-state index in [0.717, 1.165) is 18.6 Å². The van der Waals surface area contributed by atoms with Crippen molar-refractivity contribution >= 4 is 0 Å². The maximum absolute atomic E-state index is 5.28. The smallest absolute Gasteiger partial charge is 0.230 e. The number of rotatable bonds is 6. The maximum Gasteiger partial charge on any atom is 0.230 e. The van der Waals surface area contributed by atoms with E-state index >= 15 is 0 Å². The first-order valence-corrected chi connectivity index (χ1v) is 5.79. The molecule has 1 N–H and O–H groups in total. The van der Waals surface area contributed by atoms with Crippen molar-refractivity contribution in [1.29, 1.82) is 0 Å². The molecule has 0 radical (unpaired) electrons. The van der Waals surface area contributed by atoms with Crippen LogP contribution in [0, 0.1) is 6.92 Å². The predicted molar refractivity (Wildman–Crippen MR) is 62.4 cm³/mol. The highest BCUT2D eigenvalue weighted by molar-refractivity contribution is 4.98. The zero-order valence-corrected chi connectivity index (χ0v) is 10.1. The fourth-order valence-electron chi connectivity index (χ4n) is 1.59. The Kier molecular flexibility index (Phi) is 3.93. The highest BCUT2D eigenvalue weighted by atomic mass is 16.4. The van der Waals surface area contributed by atoms with E-state index in [4.69, 9.17) is 8.83 Å². The number of aryl methyl sites for hydroxylation is 2. The van der Waals surface area contributed by atoms with Gasteiger partial charge in [0.1, 0.15) is 5.76 Å². The van der Waals surface area contributed by atoms with Gasteiger partial charge in [0.05, 0.1) is 12.8 Å². The third kappa shape index (κ3) is 3.71. The van der Waals surface area contributed by atoms with Crippen LogP contribution in [0.4, 0.5) is 0 Å². The summed E-state index contributed by atoms with van der Waals surface area (Å²) in [5, 5.41) is 11.0. The Morgan fingerprint density at radius 2 is 2.29 bits per heavy atom. The average Bonchev–Trinajstić information content (AvgIpc) is 2.95. The molecule has 0 aliphatic heterocycles. The van der Waals surface area contributed by atoms with Crippen LogP contribution in [0.5, 0.6) is 0 Å². The van der Waals surface area contributed by atoms with E-state index in [1.165, 1.54) is 0 Å². The zero-order valence-electron chi connectivity index (χ0n) is 10.1. The Balaban J connectivity index is 1.69. The Labute approximate surface area is 100 Å². The Bertz CT molecular complexity index is 436. The lowest BCUT2D eigenvalue weighted by Gasteiger charge is -2.10. The van der Waals surface area contributed by atoms with E-state index in [1.54, 1.807) is 13.2 Å². The topological polar surface area (TPSA) is 64.1 Å². The molecule has 2 aromatic rings. The second-order valence-electron chi connectivity index (χ2n) is 4.11. The number of aromatic nitrogens is 2. The summed E-state index contributed by atoms with van der Waals surface area (Å²) in [6.45, 7) is 4.53. The van der Waals surface area contributed by atoms with E-state index < -0.39 is 0 Å². The normalized spacial score (nSPS) is 12.8. The molecule has 1 atom stereocenters. The van der Waals surface area contributed by atoms with Gasteiger partial charge in [-0.2, -0.15) is 0 Å². The lowest BCUT2D eigenvalue weighted by Crippen LogP contribution is -2.26. The summed E-state index contributed by atoms with van der Waals surface area (Å²) in [6.07, 6.45) is 3.65. The molecule has 0 aromatic carbocycles. The van der Waals surface area contributed by atoms with Crippen molar-refractivity contribution in [2.45, 2.75) is 39.3 Å². The summed E-state index contributed by atoms with van der Waals surface area (Å²) >= 11 is 0. The van der Waals surface area contributed by atoms with Gasteiger partial charge in [0.2, 0.25) is 11.8 Å². The molecule has 92 valence electrons. The van der Waals surface area contributed by atoms with Gasteiger partial charge in [0.15, 0.2) is 0 Å². The molecule has 2 aromatic heterocycles. The molecule has 0 amide bonds. The minimum atomic E-state index is 0.382. The molecular weight excluding hydrogens is 218 g/mol. The highest BCUT2D eigenvalue weighted by Gasteiger charge is 2.06. The molecule has 0 bridgehead atoms. The largest absolute Gasteiger partial charge is 0.469 e. The first kappa shape index (κ1) is 11.9. The molecule has 2 heterocycles. The Morgan fingerprint density at radius 1 is 1.41 bits per heavy atom. The molecule has 0 fully saturated rings. The summed E-state index contributed by atoms with van der Waals surface area (Å²) < 4.78 is 10.6. The molecule has 5 nitrogen and oxygen atoms in total. The van der Waals surface area contributed by atoms with Crippen molar-refractivity contribution in [2.24, 2.45) is 0 Å². The monoisotopic (exact) mass is 235 g/mol. The van der Waals surface area contributed by atoms with Gasteiger partial charge in [-0.1, -0.05) is 0 Å². The second-order valence-corrected chi connectivity index (χ2v) is 4.11. The molecular formula is C12H17N3O2. The fourth-order valence-corrected chi connectivity index (χ4v) is 1.59. The quantitative estimate of drug-likeness (QED) is 0.830. The number of nitrogens with one attached hydrogen (secondary N) is 1. The van der Waals surface area contributed by atoms with Gasteiger partial charge in [-0.3, -0.25) is 0 Å². The lowest BCUT2D eigenvalue weighted by atomic mass is 10.1. The second kappa shape index (κ2) is 5.63. The summed E-state index contributed by atoms with van der Waals surface area (Å²) in [6, 6.07) is 4.29. The van der Waals surface area contributed by atoms with Crippen molar-refractivity contribution in [3.8, 4) is 0 Å². The number of furan rings is 1. The molecule has 2 rings (SSSR count). The van der Waals surface area contributed by atoms with Crippen molar-refractivity contribution in [2.75, 3.05) is 0 Å². The minimum Gasteiger partial charge on any atom is -0.469 e. The first-order chi connectivity index (χ1) is 8.24. The van der Waals surface area contributed by atoms with Crippen LogP contribution in [0.2, 0.25) is 0 Å². The van der Waals surface area contributed by atoms with Gasteiger partial charge >= 0.3 is 0 Å². The molecule has 1 unspecified atom stereocenters. The molecule has 0 saturated heterocycles. The molecule has 0 aliphatic carbocycles. The van der Waals surface area contributed by atoms with E-state index in [9.17, 15) is 0 Å². The van der Waals surface area contributed by atoms with Crippen LogP contribution in [-0.4, -0.2) is 16.2 Å². The van der Waals surface area contributed by atoms with Gasteiger partial charge in [-0.15, -0.1) is 10.2 Å². The van der Waals surface area contributed by atoms with E-state index in [-0.39, 0.29) is 0 Å². The average molecular weight is 235 g/mol. The van der Waals surface area contributed by atoms with Crippen LogP contribution in [0.3, 0.4) is 0 Å². The van der Waals surface area contributed by atoms with Gasteiger partial charge in [0.25, 0.3) is 0 Å². The minimum absolute atomic E-state index is 0.382. The molecule has 17 heavy (non-hydrogen) atoms. The number of nitrogens with zero attached hydrogens (tertiary/aromatic N) is 2. The highest BCUT2D eigenvalue weighted by Crippen LogP contribution is 2.06. The molecule has 0 spiro atoms. The predicted octanol–water partition coefficient (Wildman–Crippen LogP) is 2.08. The third-order valence-electron chi connectivity index (χ3n) is 2.57. The zero-order chi connectivity index (χ0) is 12.1. The third-order valence-corrected chi connectivity index (χ3v) is 2.57. The van der Waals surface area contributed by atoms with Crippen molar-refractivity contribution in [1.82, 2.24) is 15.5 Å². The van der Waals surface area contributed by atoms with Crippen LogP contribution in [-0.2, 0) is 13.0 Å². The Hall–Kier alpha value is -1.62. The molecule has 0 aliphatic rings. The maximum atomic E-state index is 5.28. The summed E-state index contributed by atoms with van der Waals surface area (Å²) in [5.74, 6) is 2.25. The fraction of sp³-hybridized carbons (Fsp3) is 0.500. The molecule has 0 saturated carbocycles. The van der Waals surface area contributed by atoms with E-state index in [0.29, 0.717) is 24.4 Å². The van der Waals surface area contributed by atoms with Crippen molar-refractivity contribution in [3.63, 3.8) is 0 Å². The Morgan fingerprint density at radius 3 is 2.94 bits per heavy atom. The molecule has 5 heteroatoms. The van der Waals surface area contributed by atoms with Crippen molar-refractivity contribution in [3.05, 3.63) is 35.9 Å². The van der Waals surface area contributed by atoms with Crippen LogP contribution < -0.4 is 5.32 Å². The van der Waals surface area contributed by atoms with Crippen molar-refractivity contribution < 1.29 is 8.83 Å². The van der Waals surface area contributed by atoms with Crippen LogP contribution in [0.25, 0.3) is 0 Å². The van der Waals surface area contributed by atoms with E-state index in [1.807, 2.05) is 12.1 Å². The summed E-state index contributed by atoms with van der Waals surface area (Å²) in [4.78, 5) is 0. The lowest BCUT2D eigenvalue weighted by molar-refractivity contribution is 0.411.